The molecule has 1 amide bonds. The van der Waals surface area contributed by atoms with Crippen molar-refractivity contribution in [3.8, 4) is 0 Å². The predicted octanol–water partition coefficient (Wildman–Crippen LogP) is 3.61. The van der Waals surface area contributed by atoms with Gasteiger partial charge in [0.15, 0.2) is 0 Å². The van der Waals surface area contributed by atoms with Gasteiger partial charge in [0.1, 0.15) is 5.82 Å². The molecule has 2 aromatic carbocycles. The van der Waals surface area contributed by atoms with Gasteiger partial charge in [-0.3, -0.25) is 10.1 Å². The second kappa shape index (κ2) is 4.94. The third kappa shape index (κ3) is 2.23. The molecule has 1 aromatic heterocycles. The number of anilines is 1. The van der Waals surface area contributed by atoms with Crippen LogP contribution in [0.2, 0.25) is 5.02 Å². The molecule has 6 heteroatoms. The number of aromatic nitrogens is 2. The van der Waals surface area contributed by atoms with Gasteiger partial charge in [0, 0.05) is 0 Å². The predicted molar refractivity (Wildman–Crippen MR) is 75.5 cm³/mol. The van der Waals surface area contributed by atoms with Crippen LogP contribution in [-0.2, 0) is 0 Å². The molecule has 0 aliphatic rings. The molecule has 0 fully saturated rings. The molecule has 0 bridgehead atoms. The lowest BCUT2D eigenvalue weighted by molar-refractivity contribution is 0.102. The van der Waals surface area contributed by atoms with Crippen molar-refractivity contribution in [2.75, 3.05) is 5.32 Å². The smallest absolute Gasteiger partial charge is 0.262 e. The number of aromatic amines is 1. The fourth-order valence-electron chi connectivity index (χ4n) is 1.90. The second-order valence-corrected chi connectivity index (χ2v) is 4.56. The monoisotopic (exact) mass is 289 g/mol. The Kier molecular flexibility index (Phi) is 3.12. The summed E-state index contributed by atoms with van der Waals surface area (Å²) in [5.41, 5.74) is 1.29. The molecule has 0 saturated heterocycles. The van der Waals surface area contributed by atoms with Gasteiger partial charge in [-0.1, -0.05) is 29.8 Å². The Morgan fingerprint density at radius 3 is 2.75 bits per heavy atom. The minimum atomic E-state index is -0.675. The van der Waals surface area contributed by atoms with E-state index >= 15 is 0 Å². The number of para-hydroxylation sites is 2. The Labute approximate surface area is 118 Å². The number of hydrogen-bond acceptors (Lipinski definition) is 2. The highest BCUT2D eigenvalue weighted by atomic mass is 35.5. The van der Waals surface area contributed by atoms with Gasteiger partial charge >= 0.3 is 0 Å². The number of benzene rings is 2. The van der Waals surface area contributed by atoms with E-state index in [1.165, 1.54) is 18.2 Å². The van der Waals surface area contributed by atoms with E-state index < -0.39 is 11.7 Å². The van der Waals surface area contributed by atoms with E-state index in [1.807, 2.05) is 18.2 Å². The van der Waals surface area contributed by atoms with E-state index in [0.29, 0.717) is 5.52 Å². The zero-order chi connectivity index (χ0) is 14.1. The quantitative estimate of drug-likeness (QED) is 0.757. The SMILES string of the molecule is O=C(Nc1nc2ccccc2[nH]1)c1c(F)cccc1Cl. The van der Waals surface area contributed by atoms with E-state index in [9.17, 15) is 9.18 Å². The first-order chi connectivity index (χ1) is 9.65. The molecule has 100 valence electrons. The minimum absolute atomic E-state index is 0.0543. The summed E-state index contributed by atoms with van der Waals surface area (Å²) < 4.78 is 13.6. The minimum Gasteiger partial charge on any atom is -0.324 e. The normalized spacial score (nSPS) is 10.7. The van der Waals surface area contributed by atoms with Crippen molar-refractivity contribution in [1.82, 2.24) is 9.97 Å². The number of nitrogens with zero attached hydrogens (tertiary/aromatic N) is 1. The van der Waals surface area contributed by atoms with Crippen molar-refractivity contribution >= 4 is 34.5 Å². The van der Waals surface area contributed by atoms with Crippen LogP contribution in [-0.4, -0.2) is 15.9 Å². The molecular formula is C14H9ClFN3O. The van der Waals surface area contributed by atoms with Crippen LogP contribution in [0, 0.1) is 5.82 Å². The van der Waals surface area contributed by atoms with Gasteiger partial charge in [-0.2, -0.15) is 0 Å². The van der Waals surface area contributed by atoms with Crippen molar-refractivity contribution in [1.29, 1.82) is 0 Å². The summed E-state index contributed by atoms with van der Waals surface area (Å²) >= 11 is 5.84. The Balaban J connectivity index is 1.92. The molecule has 1 heterocycles. The van der Waals surface area contributed by atoms with Gasteiger partial charge in [-0.05, 0) is 24.3 Å². The largest absolute Gasteiger partial charge is 0.324 e. The number of amides is 1. The molecule has 0 radical (unpaired) electrons. The van der Waals surface area contributed by atoms with Crippen molar-refractivity contribution in [2.45, 2.75) is 0 Å². The fourth-order valence-corrected chi connectivity index (χ4v) is 2.15. The van der Waals surface area contributed by atoms with E-state index in [1.54, 1.807) is 6.07 Å². The standard InChI is InChI=1S/C14H9ClFN3O/c15-8-4-3-5-9(16)12(8)13(20)19-14-17-10-6-1-2-7-11(10)18-14/h1-7H,(H2,17,18,19,20). The van der Waals surface area contributed by atoms with E-state index in [2.05, 4.69) is 15.3 Å². The van der Waals surface area contributed by atoms with Crippen LogP contribution in [0.1, 0.15) is 10.4 Å². The van der Waals surface area contributed by atoms with Crippen LogP contribution < -0.4 is 5.32 Å². The maximum absolute atomic E-state index is 13.6. The summed E-state index contributed by atoms with van der Waals surface area (Å²) in [4.78, 5) is 19.1. The summed E-state index contributed by atoms with van der Waals surface area (Å²) in [6.07, 6.45) is 0. The summed E-state index contributed by atoms with van der Waals surface area (Å²) in [5.74, 6) is -1.08. The molecule has 0 aliphatic heterocycles. The van der Waals surface area contributed by atoms with Crippen molar-refractivity contribution < 1.29 is 9.18 Å². The number of hydrogen-bond donors (Lipinski definition) is 2. The van der Waals surface area contributed by atoms with Crippen molar-refractivity contribution in [3.05, 3.63) is 58.9 Å². The number of carbonyl (C=O) groups excluding carboxylic acids is 1. The van der Waals surface area contributed by atoms with Gasteiger partial charge in [0.2, 0.25) is 5.95 Å². The first-order valence-corrected chi connectivity index (χ1v) is 6.23. The third-order valence-electron chi connectivity index (χ3n) is 2.81. The van der Waals surface area contributed by atoms with Gasteiger partial charge < -0.3 is 4.98 Å². The summed E-state index contributed by atoms with van der Waals surface area (Å²) in [6, 6.07) is 11.4. The number of carbonyl (C=O) groups is 1. The molecule has 2 N–H and O–H groups in total. The maximum atomic E-state index is 13.6. The number of fused-ring (bicyclic) bond motifs is 1. The number of nitrogens with one attached hydrogen (secondary N) is 2. The van der Waals surface area contributed by atoms with Crippen LogP contribution in [0.5, 0.6) is 0 Å². The van der Waals surface area contributed by atoms with Gasteiger partial charge in [0.25, 0.3) is 5.91 Å². The van der Waals surface area contributed by atoms with E-state index in [0.717, 1.165) is 5.52 Å². The molecular weight excluding hydrogens is 281 g/mol. The van der Waals surface area contributed by atoms with Gasteiger partial charge in [0.05, 0.1) is 21.6 Å². The Hall–Kier alpha value is -2.40. The lowest BCUT2D eigenvalue weighted by atomic mass is 10.2. The lowest BCUT2D eigenvalue weighted by Gasteiger charge is -2.04. The Morgan fingerprint density at radius 1 is 1.20 bits per heavy atom. The Bertz CT molecular complexity index is 747. The van der Waals surface area contributed by atoms with Crippen molar-refractivity contribution in [3.63, 3.8) is 0 Å². The zero-order valence-corrected chi connectivity index (χ0v) is 10.9. The average Bonchev–Trinajstić information content (AvgIpc) is 2.80. The molecule has 0 unspecified atom stereocenters. The topological polar surface area (TPSA) is 57.8 Å². The first-order valence-electron chi connectivity index (χ1n) is 5.85. The van der Waals surface area contributed by atoms with Crippen LogP contribution in [0.3, 0.4) is 0 Å². The van der Waals surface area contributed by atoms with Gasteiger partial charge in [-0.15, -0.1) is 0 Å². The maximum Gasteiger partial charge on any atom is 0.262 e. The number of rotatable bonds is 2. The zero-order valence-electron chi connectivity index (χ0n) is 10.2. The van der Waals surface area contributed by atoms with Crippen LogP contribution in [0.25, 0.3) is 11.0 Å². The van der Waals surface area contributed by atoms with Gasteiger partial charge in [-0.25, -0.2) is 9.37 Å². The fraction of sp³-hybridized carbons (Fsp3) is 0. The molecule has 3 aromatic rings. The molecule has 0 spiro atoms. The highest BCUT2D eigenvalue weighted by Gasteiger charge is 2.17. The molecule has 0 atom stereocenters. The third-order valence-corrected chi connectivity index (χ3v) is 3.13. The molecule has 0 saturated carbocycles. The number of imidazole rings is 1. The Morgan fingerprint density at radius 2 is 2.00 bits per heavy atom. The summed E-state index contributed by atoms with van der Waals surface area (Å²) in [7, 11) is 0. The highest BCUT2D eigenvalue weighted by Crippen LogP contribution is 2.20. The number of H-pyrrole nitrogens is 1. The van der Waals surface area contributed by atoms with E-state index in [-0.39, 0.29) is 16.5 Å². The molecule has 20 heavy (non-hydrogen) atoms. The van der Waals surface area contributed by atoms with Crippen LogP contribution in [0.4, 0.5) is 10.3 Å². The average molecular weight is 290 g/mol. The summed E-state index contributed by atoms with van der Waals surface area (Å²) in [5, 5.41) is 2.55. The highest BCUT2D eigenvalue weighted by molar-refractivity contribution is 6.34. The number of halogens is 2. The summed E-state index contributed by atoms with van der Waals surface area (Å²) in [6.45, 7) is 0. The lowest BCUT2D eigenvalue weighted by Crippen LogP contribution is -2.15. The molecule has 4 nitrogen and oxygen atoms in total. The van der Waals surface area contributed by atoms with Crippen LogP contribution in [0.15, 0.2) is 42.5 Å². The molecule has 3 rings (SSSR count). The van der Waals surface area contributed by atoms with E-state index in [4.69, 9.17) is 11.6 Å². The first kappa shape index (κ1) is 12.6. The second-order valence-electron chi connectivity index (χ2n) is 4.15. The van der Waals surface area contributed by atoms with Crippen molar-refractivity contribution in [2.24, 2.45) is 0 Å². The van der Waals surface area contributed by atoms with Crippen LogP contribution >= 0.6 is 11.6 Å². The molecule has 0 aliphatic carbocycles.